The zero-order valence-corrected chi connectivity index (χ0v) is 7.93. The largest absolute Gasteiger partial charge is 0.353 e. The molecule has 0 aromatic rings. The van der Waals surface area contributed by atoms with E-state index in [0.29, 0.717) is 6.04 Å². The summed E-state index contributed by atoms with van der Waals surface area (Å²) in [5.74, 6) is -0.140. The summed E-state index contributed by atoms with van der Waals surface area (Å²) in [5, 5.41) is 7.39. The SMILES string of the molecule is NS(=O)(=O)NCCC(=O)NC1CC1. The lowest BCUT2D eigenvalue weighted by Gasteiger charge is -2.02. The third-order valence-corrected chi connectivity index (χ3v) is 2.20. The zero-order chi connectivity index (χ0) is 9.90. The summed E-state index contributed by atoms with van der Waals surface area (Å²) in [7, 11) is -3.66. The molecule has 1 fully saturated rings. The Morgan fingerprint density at radius 3 is 2.54 bits per heavy atom. The van der Waals surface area contributed by atoms with Crippen LogP contribution in [0.3, 0.4) is 0 Å². The first-order chi connectivity index (χ1) is 5.97. The van der Waals surface area contributed by atoms with Gasteiger partial charge in [0.05, 0.1) is 0 Å². The molecule has 0 radical (unpaired) electrons. The van der Waals surface area contributed by atoms with Crippen LogP contribution in [-0.4, -0.2) is 26.9 Å². The molecule has 0 saturated heterocycles. The van der Waals surface area contributed by atoms with Crippen LogP contribution >= 0.6 is 0 Å². The number of carbonyl (C=O) groups is 1. The van der Waals surface area contributed by atoms with Gasteiger partial charge in [-0.15, -0.1) is 0 Å². The minimum Gasteiger partial charge on any atom is -0.353 e. The molecule has 0 spiro atoms. The molecule has 1 saturated carbocycles. The fraction of sp³-hybridized carbons (Fsp3) is 0.833. The van der Waals surface area contributed by atoms with Gasteiger partial charge in [-0.3, -0.25) is 4.79 Å². The zero-order valence-electron chi connectivity index (χ0n) is 7.12. The summed E-state index contributed by atoms with van der Waals surface area (Å²) in [6.45, 7) is 0.0530. The standard InChI is InChI=1S/C6H13N3O3S/c7-13(11,12)8-4-3-6(10)9-5-1-2-5/h5,8H,1-4H2,(H,9,10)(H2,7,11,12). The number of hydrogen-bond donors (Lipinski definition) is 3. The second-order valence-corrected chi connectivity index (χ2v) is 4.41. The molecule has 0 unspecified atom stereocenters. The maximum Gasteiger partial charge on any atom is 0.274 e. The van der Waals surface area contributed by atoms with Gasteiger partial charge in [0.25, 0.3) is 10.2 Å². The molecule has 76 valence electrons. The van der Waals surface area contributed by atoms with Gasteiger partial charge in [-0.1, -0.05) is 0 Å². The summed E-state index contributed by atoms with van der Waals surface area (Å²) in [4.78, 5) is 11.0. The summed E-state index contributed by atoms with van der Waals surface area (Å²) in [6.07, 6.45) is 2.18. The first-order valence-corrected chi connectivity index (χ1v) is 5.59. The Labute approximate surface area is 77.1 Å². The molecule has 0 atom stereocenters. The first-order valence-electron chi connectivity index (χ1n) is 4.04. The van der Waals surface area contributed by atoms with Gasteiger partial charge in [-0.25, -0.2) is 9.86 Å². The molecule has 0 heterocycles. The van der Waals surface area contributed by atoms with E-state index in [1.807, 2.05) is 4.72 Å². The van der Waals surface area contributed by atoms with Crippen LogP contribution in [0, 0.1) is 0 Å². The van der Waals surface area contributed by atoms with E-state index in [9.17, 15) is 13.2 Å². The van der Waals surface area contributed by atoms with Crippen LogP contribution in [0.25, 0.3) is 0 Å². The molecule has 4 N–H and O–H groups in total. The second-order valence-electron chi connectivity index (χ2n) is 3.03. The molecule has 0 aromatic carbocycles. The molecule has 1 aliphatic carbocycles. The van der Waals surface area contributed by atoms with Crippen molar-refractivity contribution in [3.05, 3.63) is 0 Å². The van der Waals surface area contributed by atoms with Crippen LogP contribution in [0.5, 0.6) is 0 Å². The average molecular weight is 207 g/mol. The first kappa shape index (κ1) is 10.4. The number of carbonyl (C=O) groups excluding carboxylic acids is 1. The highest BCUT2D eigenvalue weighted by atomic mass is 32.2. The quantitative estimate of drug-likeness (QED) is 0.508. The predicted molar refractivity (Wildman–Crippen MR) is 46.9 cm³/mol. The van der Waals surface area contributed by atoms with Crippen molar-refractivity contribution in [2.45, 2.75) is 25.3 Å². The van der Waals surface area contributed by atoms with Crippen molar-refractivity contribution < 1.29 is 13.2 Å². The predicted octanol–water partition coefficient (Wildman–Crippen LogP) is -1.55. The van der Waals surface area contributed by atoms with E-state index < -0.39 is 10.2 Å². The van der Waals surface area contributed by atoms with Crippen LogP contribution in [0.15, 0.2) is 0 Å². The van der Waals surface area contributed by atoms with Gasteiger partial charge in [-0.2, -0.15) is 8.42 Å². The van der Waals surface area contributed by atoms with E-state index in [1.165, 1.54) is 0 Å². The van der Waals surface area contributed by atoms with Gasteiger partial charge in [0.2, 0.25) is 5.91 Å². The second kappa shape index (κ2) is 4.03. The van der Waals surface area contributed by atoms with Crippen molar-refractivity contribution in [3.8, 4) is 0 Å². The van der Waals surface area contributed by atoms with Crippen LogP contribution in [0.4, 0.5) is 0 Å². The third kappa shape index (κ3) is 5.56. The van der Waals surface area contributed by atoms with Gasteiger partial charge in [-0.05, 0) is 12.8 Å². The Morgan fingerprint density at radius 1 is 1.46 bits per heavy atom. The van der Waals surface area contributed by atoms with Crippen molar-refractivity contribution in [2.24, 2.45) is 5.14 Å². The summed E-state index contributed by atoms with van der Waals surface area (Å²) < 4.78 is 22.8. The van der Waals surface area contributed by atoms with Crippen molar-refractivity contribution in [1.82, 2.24) is 10.0 Å². The molecule has 1 rings (SSSR count). The molecule has 0 bridgehead atoms. The van der Waals surface area contributed by atoms with Crippen molar-refractivity contribution >= 4 is 16.1 Å². The summed E-state index contributed by atoms with van der Waals surface area (Å²) in [5.41, 5.74) is 0. The van der Waals surface area contributed by atoms with Crippen molar-refractivity contribution in [2.75, 3.05) is 6.54 Å². The van der Waals surface area contributed by atoms with Crippen molar-refractivity contribution in [1.29, 1.82) is 0 Å². The molecule has 0 aliphatic heterocycles. The molecule has 1 amide bonds. The van der Waals surface area contributed by atoms with Crippen LogP contribution in [0.1, 0.15) is 19.3 Å². The number of nitrogens with two attached hydrogens (primary N) is 1. The average Bonchev–Trinajstić information content (AvgIpc) is 2.68. The molecule has 6 nitrogen and oxygen atoms in total. The maximum absolute atomic E-state index is 11.0. The maximum atomic E-state index is 11.0. The summed E-state index contributed by atoms with van der Waals surface area (Å²) in [6, 6.07) is 0.307. The highest BCUT2D eigenvalue weighted by molar-refractivity contribution is 7.87. The monoisotopic (exact) mass is 207 g/mol. The van der Waals surface area contributed by atoms with Crippen LogP contribution in [-0.2, 0) is 15.0 Å². The fourth-order valence-corrected chi connectivity index (χ4v) is 1.22. The molecule has 0 aromatic heterocycles. The smallest absolute Gasteiger partial charge is 0.274 e. The Morgan fingerprint density at radius 2 is 2.08 bits per heavy atom. The van der Waals surface area contributed by atoms with Gasteiger partial charge < -0.3 is 5.32 Å². The normalized spacial score (nSPS) is 17.0. The highest BCUT2D eigenvalue weighted by Crippen LogP contribution is 2.18. The van der Waals surface area contributed by atoms with Gasteiger partial charge in [0.15, 0.2) is 0 Å². The minimum absolute atomic E-state index is 0.0530. The van der Waals surface area contributed by atoms with E-state index in [-0.39, 0.29) is 18.9 Å². The van der Waals surface area contributed by atoms with Gasteiger partial charge in [0, 0.05) is 19.0 Å². The Balaban J connectivity index is 2.07. The van der Waals surface area contributed by atoms with E-state index in [2.05, 4.69) is 10.5 Å². The third-order valence-electron chi connectivity index (χ3n) is 1.60. The minimum atomic E-state index is -3.66. The van der Waals surface area contributed by atoms with E-state index in [1.54, 1.807) is 0 Å². The van der Waals surface area contributed by atoms with Crippen molar-refractivity contribution in [3.63, 3.8) is 0 Å². The number of rotatable bonds is 5. The Hall–Kier alpha value is -0.660. The molecule has 13 heavy (non-hydrogen) atoms. The van der Waals surface area contributed by atoms with E-state index >= 15 is 0 Å². The topological polar surface area (TPSA) is 101 Å². The molecular formula is C6H13N3O3S. The lowest BCUT2D eigenvalue weighted by molar-refractivity contribution is -0.121. The molecule has 7 heteroatoms. The van der Waals surface area contributed by atoms with Gasteiger partial charge >= 0.3 is 0 Å². The number of nitrogens with one attached hydrogen (secondary N) is 2. The fourth-order valence-electron chi connectivity index (χ4n) is 0.834. The highest BCUT2D eigenvalue weighted by Gasteiger charge is 2.22. The summed E-state index contributed by atoms with van der Waals surface area (Å²) >= 11 is 0. The number of amides is 1. The lowest BCUT2D eigenvalue weighted by Crippen LogP contribution is -2.35. The van der Waals surface area contributed by atoms with Crippen LogP contribution in [0.2, 0.25) is 0 Å². The molecule has 1 aliphatic rings. The Bertz CT molecular complexity index is 283. The molecular weight excluding hydrogens is 194 g/mol. The van der Waals surface area contributed by atoms with E-state index in [4.69, 9.17) is 0 Å². The number of hydrogen-bond acceptors (Lipinski definition) is 3. The van der Waals surface area contributed by atoms with Crippen LogP contribution < -0.4 is 15.2 Å². The van der Waals surface area contributed by atoms with E-state index in [0.717, 1.165) is 12.8 Å². The Kier molecular flexibility index (Phi) is 3.23. The van der Waals surface area contributed by atoms with Gasteiger partial charge in [0.1, 0.15) is 0 Å². The lowest BCUT2D eigenvalue weighted by atomic mass is 10.4.